The van der Waals surface area contributed by atoms with Gasteiger partial charge in [0.05, 0.1) is 6.33 Å². The van der Waals surface area contributed by atoms with E-state index in [1.165, 1.54) is 6.33 Å². The molecule has 13 heavy (non-hydrogen) atoms. The quantitative estimate of drug-likeness (QED) is 0.601. The first kappa shape index (κ1) is 7.78. The molecule has 0 spiro atoms. The molecule has 6 nitrogen and oxygen atoms in total. The number of imidazole rings is 1. The van der Waals surface area contributed by atoms with E-state index in [1.807, 2.05) is 0 Å². The summed E-state index contributed by atoms with van der Waals surface area (Å²) in [6.07, 6.45) is 1.37. The molecular formula is C7H7N3O3. The fraction of sp³-hybridized carbons (Fsp3) is 0.286. The van der Waals surface area contributed by atoms with E-state index in [-0.39, 0.29) is 17.3 Å². The molecule has 2 heterocycles. The predicted molar refractivity (Wildman–Crippen MR) is 41.5 cm³/mol. The number of aromatic nitrogens is 2. The van der Waals surface area contributed by atoms with E-state index in [4.69, 9.17) is 5.11 Å². The van der Waals surface area contributed by atoms with Crippen LogP contribution in [-0.4, -0.2) is 33.1 Å². The van der Waals surface area contributed by atoms with Crippen LogP contribution in [0.4, 0.5) is 0 Å². The molecule has 1 aliphatic heterocycles. The number of carboxylic acid groups (broad SMARTS) is 1. The molecule has 2 rings (SSSR count). The zero-order valence-corrected chi connectivity index (χ0v) is 6.65. The van der Waals surface area contributed by atoms with Gasteiger partial charge < -0.3 is 15.0 Å². The van der Waals surface area contributed by atoms with E-state index in [1.54, 1.807) is 4.57 Å². The van der Waals surface area contributed by atoms with Gasteiger partial charge in [-0.15, -0.1) is 0 Å². The summed E-state index contributed by atoms with van der Waals surface area (Å²) in [7, 11) is 0. The van der Waals surface area contributed by atoms with E-state index in [2.05, 4.69) is 10.3 Å². The van der Waals surface area contributed by atoms with Crippen LogP contribution in [0.25, 0.3) is 0 Å². The third-order valence-corrected chi connectivity index (χ3v) is 1.89. The molecule has 0 saturated carbocycles. The Balaban J connectivity index is 2.56. The van der Waals surface area contributed by atoms with Crippen molar-refractivity contribution in [1.82, 2.24) is 14.9 Å². The van der Waals surface area contributed by atoms with Crippen molar-refractivity contribution >= 4 is 11.9 Å². The summed E-state index contributed by atoms with van der Waals surface area (Å²) in [5.74, 6) is -1.55. The summed E-state index contributed by atoms with van der Waals surface area (Å²) >= 11 is 0. The van der Waals surface area contributed by atoms with E-state index >= 15 is 0 Å². The fourth-order valence-corrected chi connectivity index (χ4v) is 1.32. The number of amides is 1. The molecule has 0 atom stereocenters. The van der Waals surface area contributed by atoms with E-state index in [9.17, 15) is 9.59 Å². The lowest BCUT2D eigenvalue weighted by Crippen LogP contribution is -2.35. The fourth-order valence-electron chi connectivity index (χ4n) is 1.32. The lowest BCUT2D eigenvalue weighted by atomic mass is 10.2. The third kappa shape index (κ3) is 1.07. The monoisotopic (exact) mass is 181 g/mol. The second-order valence-corrected chi connectivity index (χ2v) is 2.70. The molecule has 68 valence electrons. The minimum atomic E-state index is -1.18. The zero-order valence-electron chi connectivity index (χ0n) is 6.65. The van der Waals surface area contributed by atoms with Crippen LogP contribution in [0.3, 0.4) is 0 Å². The number of fused-ring (bicyclic) bond motifs is 1. The lowest BCUT2D eigenvalue weighted by Gasteiger charge is -2.14. The van der Waals surface area contributed by atoms with Gasteiger partial charge in [0.2, 0.25) is 0 Å². The Hall–Kier alpha value is -1.85. The number of carbonyl (C=O) groups is 2. The number of carboxylic acids is 1. The van der Waals surface area contributed by atoms with Gasteiger partial charge in [0.15, 0.2) is 5.69 Å². The smallest absolute Gasteiger partial charge is 0.356 e. The highest BCUT2D eigenvalue weighted by atomic mass is 16.4. The number of hydrogen-bond acceptors (Lipinski definition) is 3. The standard InChI is InChI=1S/C7H7N3O3/c11-6-5-4(7(12)13)9-3-10(5)2-1-8-6/h3H,1-2H2,(H,8,11)(H,12,13). The molecule has 1 aromatic heterocycles. The van der Waals surface area contributed by atoms with Crippen LogP contribution in [0, 0.1) is 0 Å². The van der Waals surface area contributed by atoms with E-state index in [0.29, 0.717) is 13.1 Å². The first-order valence-electron chi connectivity index (χ1n) is 3.77. The summed E-state index contributed by atoms with van der Waals surface area (Å²) in [5, 5.41) is 11.2. The maximum atomic E-state index is 11.2. The number of carbonyl (C=O) groups excluding carboxylic acids is 1. The lowest BCUT2D eigenvalue weighted by molar-refractivity contribution is 0.0683. The molecule has 0 fully saturated rings. The molecule has 1 aromatic rings. The van der Waals surface area contributed by atoms with Crippen LogP contribution in [0.1, 0.15) is 21.0 Å². The highest BCUT2D eigenvalue weighted by Crippen LogP contribution is 2.10. The van der Waals surface area contributed by atoms with Gasteiger partial charge in [0.1, 0.15) is 5.69 Å². The van der Waals surface area contributed by atoms with E-state index in [0.717, 1.165) is 0 Å². The maximum absolute atomic E-state index is 11.2. The molecule has 0 aromatic carbocycles. The molecule has 0 radical (unpaired) electrons. The minimum absolute atomic E-state index is 0.138. The second kappa shape index (κ2) is 2.58. The average molecular weight is 181 g/mol. The Morgan fingerprint density at radius 2 is 2.46 bits per heavy atom. The van der Waals surface area contributed by atoms with Gasteiger partial charge >= 0.3 is 5.97 Å². The Labute approximate surface area is 73.2 Å². The number of rotatable bonds is 1. The molecule has 0 aliphatic carbocycles. The van der Waals surface area contributed by atoms with Crippen LogP contribution in [0.15, 0.2) is 6.33 Å². The predicted octanol–water partition coefficient (Wildman–Crippen LogP) is -0.675. The number of hydrogen-bond donors (Lipinski definition) is 2. The van der Waals surface area contributed by atoms with Crippen LogP contribution in [-0.2, 0) is 6.54 Å². The first-order chi connectivity index (χ1) is 6.20. The Morgan fingerprint density at radius 1 is 1.69 bits per heavy atom. The van der Waals surface area contributed by atoms with Crippen molar-refractivity contribution in [2.24, 2.45) is 0 Å². The average Bonchev–Trinajstić information content (AvgIpc) is 2.49. The van der Waals surface area contributed by atoms with Gasteiger partial charge in [-0.05, 0) is 0 Å². The molecule has 0 saturated heterocycles. The summed E-state index contributed by atoms with van der Waals surface area (Å²) in [6, 6.07) is 0. The van der Waals surface area contributed by atoms with Crippen LogP contribution < -0.4 is 5.32 Å². The van der Waals surface area contributed by atoms with Gasteiger partial charge in [-0.3, -0.25) is 4.79 Å². The highest BCUT2D eigenvalue weighted by molar-refractivity contribution is 6.02. The molecule has 2 N–H and O–H groups in total. The second-order valence-electron chi connectivity index (χ2n) is 2.70. The van der Waals surface area contributed by atoms with Crippen LogP contribution >= 0.6 is 0 Å². The van der Waals surface area contributed by atoms with Crippen molar-refractivity contribution in [3.63, 3.8) is 0 Å². The first-order valence-corrected chi connectivity index (χ1v) is 3.77. The highest BCUT2D eigenvalue weighted by Gasteiger charge is 2.25. The number of aromatic carboxylic acids is 1. The van der Waals surface area contributed by atoms with Crippen LogP contribution in [0.2, 0.25) is 0 Å². The summed E-state index contributed by atoms with van der Waals surface area (Å²) in [4.78, 5) is 25.5. The molecule has 6 heteroatoms. The van der Waals surface area contributed by atoms with Gasteiger partial charge in [-0.1, -0.05) is 0 Å². The van der Waals surface area contributed by atoms with Gasteiger partial charge in [0.25, 0.3) is 5.91 Å². The Morgan fingerprint density at radius 3 is 3.15 bits per heavy atom. The minimum Gasteiger partial charge on any atom is -0.476 e. The van der Waals surface area contributed by atoms with Crippen molar-refractivity contribution < 1.29 is 14.7 Å². The SMILES string of the molecule is O=C(O)c1ncn2c1C(=O)NCC2. The van der Waals surface area contributed by atoms with Gasteiger partial charge in [-0.2, -0.15) is 0 Å². The van der Waals surface area contributed by atoms with Crippen molar-refractivity contribution in [2.45, 2.75) is 6.54 Å². The van der Waals surface area contributed by atoms with Crippen molar-refractivity contribution in [2.75, 3.05) is 6.54 Å². The zero-order chi connectivity index (χ0) is 9.42. The van der Waals surface area contributed by atoms with Crippen molar-refractivity contribution in [3.8, 4) is 0 Å². The summed E-state index contributed by atoms with van der Waals surface area (Å²) in [5.41, 5.74) is -0.0454. The molecule has 0 bridgehead atoms. The van der Waals surface area contributed by atoms with Crippen molar-refractivity contribution in [3.05, 3.63) is 17.7 Å². The third-order valence-electron chi connectivity index (χ3n) is 1.89. The summed E-state index contributed by atoms with van der Waals surface area (Å²) < 4.78 is 1.54. The van der Waals surface area contributed by atoms with Crippen molar-refractivity contribution in [1.29, 1.82) is 0 Å². The van der Waals surface area contributed by atoms with Gasteiger partial charge in [-0.25, -0.2) is 9.78 Å². The largest absolute Gasteiger partial charge is 0.476 e. The Kier molecular flexibility index (Phi) is 1.54. The summed E-state index contributed by atoms with van der Waals surface area (Å²) in [6.45, 7) is 1.09. The Bertz CT molecular complexity index is 382. The topological polar surface area (TPSA) is 84.2 Å². The van der Waals surface area contributed by atoms with Crippen LogP contribution in [0.5, 0.6) is 0 Å². The maximum Gasteiger partial charge on any atom is 0.356 e. The number of nitrogens with one attached hydrogen (secondary N) is 1. The van der Waals surface area contributed by atoms with E-state index < -0.39 is 5.97 Å². The molecule has 1 amide bonds. The van der Waals surface area contributed by atoms with Gasteiger partial charge in [0, 0.05) is 13.1 Å². The molecular weight excluding hydrogens is 174 g/mol. The normalized spacial score (nSPS) is 14.9. The molecule has 1 aliphatic rings. The number of nitrogens with zero attached hydrogens (tertiary/aromatic N) is 2. The molecule has 0 unspecified atom stereocenters.